The Hall–Kier alpha value is -2.42. The lowest BCUT2D eigenvalue weighted by Gasteiger charge is -2.19. The molecular formula is C17H16O3. The van der Waals surface area contributed by atoms with E-state index in [2.05, 4.69) is 12.1 Å². The number of rotatable bonds is 3. The van der Waals surface area contributed by atoms with Gasteiger partial charge in [0.25, 0.3) is 0 Å². The minimum atomic E-state index is 0.562. The molecule has 0 spiro atoms. The topological polar surface area (TPSA) is 27.7 Å². The van der Waals surface area contributed by atoms with Crippen molar-refractivity contribution < 1.29 is 14.2 Å². The van der Waals surface area contributed by atoms with Crippen LogP contribution in [-0.4, -0.2) is 20.8 Å². The van der Waals surface area contributed by atoms with Crippen LogP contribution in [0, 0.1) is 0 Å². The lowest BCUT2D eigenvalue weighted by atomic mass is 10.0. The van der Waals surface area contributed by atoms with Gasteiger partial charge < -0.3 is 14.2 Å². The van der Waals surface area contributed by atoms with Crippen LogP contribution in [0.2, 0.25) is 0 Å². The van der Waals surface area contributed by atoms with Gasteiger partial charge in [-0.15, -0.1) is 0 Å². The lowest BCUT2D eigenvalue weighted by molar-refractivity contribution is 0.354. The van der Waals surface area contributed by atoms with E-state index in [0.29, 0.717) is 6.61 Å². The van der Waals surface area contributed by atoms with Crippen LogP contribution in [0.25, 0.3) is 11.6 Å². The predicted octanol–water partition coefficient (Wildman–Crippen LogP) is 3.64. The van der Waals surface area contributed by atoms with Crippen molar-refractivity contribution in [1.82, 2.24) is 0 Å². The average Bonchev–Trinajstić information content (AvgIpc) is 2.53. The number of methoxy groups -OCH3 is 2. The Morgan fingerprint density at radius 3 is 2.55 bits per heavy atom. The number of ether oxygens (including phenoxy) is 3. The van der Waals surface area contributed by atoms with E-state index in [-0.39, 0.29) is 0 Å². The van der Waals surface area contributed by atoms with Gasteiger partial charge >= 0.3 is 0 Å². The molecule has 0 unspecified atom stereocenters. The molecule has 0 N–H and O–H groups in total. The lowest BCUT2D eigenvalue weighted by Crippen LogP contribution is -2.06. The molecule has 2 aromatic carbocycles. The van der Waals surface area contributed by atoms with Gasteiger partial charge in [0.1, 0.15) is 12.4 Å². The molecule has 3 nitrogen and oxygen atoms in total. The van der Waals surface area contributed by atoms with Gasteiger partial charge in [-0.05, 0) is 35.4 Å². The summed E-state index contributed by atoms with van der Waals surface area (Å²) >= 11 is 0. The summed E-state index contributed by atoms with van der Waals surface area (Å²) in [5, 5.41) is 0. The first kappa shape index (κ1) is 12.6. The molecular weight excluding hydrogens is 252 g/mol. The Balaban J connectivity index is 2.00. The van der Waals surface area contributed by atoms with E-state index in [1.165, 1.54) is 0 Å². The Morgan fingerprint density at radius 1 is 0.950 bits per heavy atom. The van der Waals surface area contributed by atoms with Crippen LogP contribution in [0.3, 0.4) is 0 Å². The summed E-state index contributed by atoms with van der Waals surface area (Å²) in [6.07, 6.45) is 2.15. The second kappa shape index (κ2) is 5.29. The fourth-order valence-corrected chi connectivity index (χ4v) is 2.32. The van der Waals surface area contributed by atoms with Crippen LogP contribution in [0.15, 0.2) is 42.5 Å². The molecule has 0 amide bonds. The normalized spacial score (nSPS) is 13.0. The monoisotopic (exact) mass is 268 g/mol. The van der Waals surface area contributed by atoms with E-state index in [9.17, 15) is 0 Å². The summed E-state index contributed by atoms with van der Waals surface area (Å²) in [5.74, 6) is 2.38. The molecule has 1 heterocycles. The molecule has 0 atom stereocenters. The van der Waals surface area contributed by atoms with Gasteiger partial charge in [-0.3, -0.25) is 0 Å². The zero-order valence-electron chi connectivity index (χ0n) is 11.6. The van der Waals surface area contributed by atoms with E-state index in [1.54, 1.807) is 14.2 Å². The summed E-state index contributed by atoms with van der Waals surface area (Å²) in [6.45, 7) is 0.562. The summed E-state index contributed by atoms with van der Waals surface area (Å²) in [7, 11) is 3.28. The summed E-state index contributed by atoms with van der Waals surface area (Å²) in [5.41, 5.74) is 3.31. The summed E-state index contributed by atoms with van der Waals surface area (Å²) in [6, 6.07) is 13.9. The molecule has 2 aromatic rings. The third-order valence-electron chi connectivity index (χ3n) is 3.39. The van der Waals surface area contributed by atoms with Crippen LogP contribution in [0.5, 0.6) is 17.2 Å². The highest BCUT2D eigenvalue weighted by Gasteiger charge is 2.14. The van der Waals surface area contributed by atoms with Crippen LogP contribution in [0.1, 0.15) is 11.1 Å². The second-order valence-corrected chi connectivity index (χ2v) is 4.57. The number of para-hydroxylation sites is 1. The van der Waals surface area contributed by atoms with Crippen LogP contribution < -0.4 is 14.2 Å². The quantitative estimate of drug-likeness (QED) is 0.850. The van der Waals surface area contributed by atoms with Crippen molar-refractivity contribution in [2.24, 2.45) is 0 Å². The van der Waals surface area contributed by atoms with Crippen molar-refractivity contribution >= 4 is 11.6 Å². The average molecular weight is 268 g/mol. The Labute approximate surface area is 118 Å². The third-order valence-corrected chi connectivity index (χ3v) is 3.39. The number of benzene rings is 2. The molecule has 0 fully saturated rings. The van der Waals surface area contributed by atoms with Crippen LogP contribution >= 0.6 is 0 Å². The van der Waals surface area contributed by atoms with E-state index in [0.717, 1.165) is 33.9 Å². The van der Waals surface area contributed by atoms with E-state index in [4.69, 9.17) is 14.2 Å². The zero-order chi connectivity index (χ0) is 13.9. The molecule has 1 aliphatic heterocycles. The van der Waals surface area contributed by atoms with Gasteiger partial charge in [-0.2, -0.15) is 0 Å². The fraction of sp³-hybridized carbons (Fsp3) is 0.176. The molecule has 1 aliphatic rings. The Bertz CT molecular complexity index is 659. The van der Waals surface area contributed by atoms with Gasteiger partial charge in [0.2, 0.25) is 0 Å². The molecule has 0 aliphatic carbocycles. The minimum absolute atomic E-state index is 0.562. The van der Waals surface area contributed by atoms with E-state index < -0.39 is 0 Å². The van der Waals surface area contributed by atoms with Crippen molar-refractivity contribution in [3.05, 3.63) is 53.6 Å². The first-order chi connectivity index (χ1) is 9.81. The molecule has 3 heteroatoms. The number of hydrogen-bond donors (Lipinski definition) is 0. The number of hydrogen-bond acceptors (Lipinski definition) is 3. The van der Waals surface area contributed by atoms with E-state index >= 15 is 0 Å². The predicted molar refractivity (Wildman–Crippen MR) is 79.4 cm³/mol. The zero-order valence-corrected chi connectivity index (χ0v) is 11.6. The highest BCUT2D eigenvalue weighted by Crippen LogP contribution is 2.34. The molecule has 0 bridgehead atoms. The maximum Gasteiger partial charge on any atom is 0.161 e. The molecule has 0 saturated carbocycles. The molecule has 0 aromatic heterocycles. The maximum atomic E-state index is 5.78. The van der Waals surface area contributed by atoms with Crippen molar-refractivity contribution in [2.45, 2.75) is 0 Å². The highest BCUT2D eigenvalue weighted by atomic mass is 16.5. The molecule has 3 rings (SSSR count). The minimum Gasteiger partial charge on any atom is -0.493 e. The van der Waals surface area contributed by atoms with Crippen molar-refractivity contribution in [3.63, 3.8) is 0 Å². The fourth-order valence-electron chi connectivity index (χ4n) is 2.32. The molecule has 102 valence electrons. The Kier molecular flexibility index (Phi) is 3.33. The summed E-state index contributed by atoms with van der Waals surface area (Å²) in [4.78, 5) is 0. The highest BCUT2D eigenvalue weighted by molar-refractivity contribution is 5.86. The number of fused-ring (bicyclic) bond motifs is 1. The maximum absolute atomic E-state index is 5.78. The van der Waals surface area contributed by atoms with Crippen molar-refractivity contribution in [2.75, 3.05) is 20.8 Å². The molecule has 0 saturated heterocycles. The van der Waals surface area contributed by atoms with Gasteiger partial charge in [-0.25, -0.2) is 0 Å². The summed E-state index contributed by atoms with van der Waals surface area (Å²) < 4.78 is 16.4. The molecule has 0 radical (unpaired) electrons. The second-order valence-electron chi connectivity index (χ2n) is 4.57. The smallest absolute Gasteiger partial charge is 0.161 e. The van der Waals surface area contributed by atoms with Crippen LogP contribution in [-0.2, 0) is 0 Å². The standard InChI is InChI=1S/C17H16O3/c1-18-16-8-7-12(10-17(16)19-2)14-9-13-5-3-4-6-15(13)20-11-14/h3-10H,11H2,1-2H3. The first-order valence-corrected chi connectivity index (χ1v) is 6.46. The third kappa shape index (κ3) is 2.23. The SMILES string of the molecule is COc1ccc(C2=Cc3ccccc3OC2)cc1OC. The van der Waals surface area contributed by atoms with Crippen LogP contribution in [0.4, 0.5) is 0 Å². The first-order valence-electron chi connectivity index (χ1n) is 6.46. The van der Waals surface area contributed by atoms with Gasteiger partial charge in [0, 0.05) is 5.56 Å². The van der Waals surface area contributed by atoms with E-state index in [1.807, 2.05) is 36.4 Å². The van der Waals surface area contributed by atoms with Crippen molar-refractivity contribution in [1.29, 1.82) is 0 Å². The Morgan fingerprint density at radius 2 is 1.75 bits per heavy atom. The largest absolute Gasteiger partial charge is 0.493 e. The molecule has 20 heavy (non-hydrogen) atoms. The van der Waals surface area contributed by atoms with Gasteiger partial charge in [0.05, 0.1) is 14.2 Å². The van der Waals surface area contributed by atoms with Crippen molar-refractivity contribution in [3.8, 4) is 17.2 Å². The van der Waals surface area contributed by atoms with Gasteiger partial charge in [0.15, 0.2) is 11.5 Å². The van der Waals surface area contributed by atoms with Gasteiger partial charge in [-0.1, -0.05) is 24.3 Å².